The monoisotopic (exact) mass is 280 g/mol. The van der Waals surface area contributed by atoms with Crippen molar-refractivity contribution in [2.45, 2.75) is 11.8 Å². The number of pyridine rings is 1. The first kappa shape index (κ1) is 11.3. The van der Waals surface area contributed by atoms with E-state index < -0.39 is 12.1 Å². The van der Waals surface area contributed by atoms with Crippen LogP contribution in [-0.4, -0.2) is 4.98 Å². The van der Waals surface area contributed by atoms with Gasteiger partial charge in [0.25, 0.3) is 6.43 Å². The lowest BCUT2D eigenvalue weighted by atomic mass is 10.2. The summed E-state index contributed by atoms with van der Waals surface area (Å²) in [5.41, 5.74) is -0.159. The van der Waals surface area contributed by atoms with Crippen molar-refractivity contribution < 1.29 is 8.78 Å². The van der Waals surface area contributed by atoms with E-state index in [0.717, 1.165) is 0 Å². The third-order valence-electron chi connectivity index (χ3n) is 1.52. The molecule has 1 rings (SSSR count). The minimum absolute atomic E-state index is 0.0563. The Kier molecular flexibility index (Phi) is 3.78. The van der Waals surface area contributed by atoms with Gasteiger partial charge < -0.3 is 0 Å². The van der Waals surface area contributed by atoms with Crippen LogP contribution in [0, 0.1) is 11.3 Å². The second kappa shape index (κ2) is 4.67. The smallest absolute Gasteiger partial charge is 0.235 e. The molecule has 0 radical (unpaired) electrons. The molecule has 0 aromatic carbocycles. The third kappa shape index (κ3) is 2.20. The molecule has 0 aliphatic rings. The van der Waals surface area contributed by atoms with Crippen LogP contribution in [0.3, 0.4) is 0 Å². The number of rotatable bonds is 2. The highest BCUT2D eigenvalue weighted by Gasteiger charge is 2.17. The molecule has 0 unspecified atom stereocenters. The molecule has 0 saturated heterocycles. The summed E-state index contributed by atoms with van der Waals surface area (Å²) in [6.45, 7) is 0. The number of halogens is 4. The molecule has 0 atom stereocenters. The predicted molar refractivity (Wildman–Crippen MR) is 51.6 cm³/mol. The van der Waals surface area contributed by atoms with E-state index in [1.54, 1.807) is 6.07 Å². The van der Waals surface area contributed by atoms with Crippen LogP contribution in [0.15, 0.2) is 6.07 Å². The molecule has 1 heterocycles. The summed E-state index contributed by atoms with van der Waals surface area (Å²) in [7, 11) is 0. The molecule has 0 aliphatic heterocycles. The van der Waals surface area contributed by atoms with Crippen molar-refractivity contribution in [3.63, 3.8) is 0 Å². The van der Waals surface area contributed by atoms with Gasteiger partial charge in [-0.2, -0.15) is 5.26 Å². The van der Waals surface area contributed by atoms with Crippen LogP contribution in [0.2, 0.25) is 5.02 Å². The van der Waals surface area contributed by atoms with Gasteiger partial charge in [-0.05, 0) is 11.6 Å². The zero-order valence-corrected chi connectivity index (χ0v) is 9.11. The molecule has 6 heteroatoms. The Bertz CT molecular complexity index is 390. The van der Waals surface area contributed by atoms with Crippen molar-refractivity contribution in [2.75, 3.05) is 0 Å². The fourth-order valence-electron chi connectivity index (χ4n) is 0.903. The standard InChI is InChI=1S/C8H4BrClF2N2/c9-2-4-1-5(3-13)14-7(6(4)10)8(11)12/h1,8H,2H2. The summed E-state index contributed by atoms with van der Waals surface area (Å²) in [5, 5.41) is 8.76. The second-order valence-electron chi connectivity index (χ2n) is 2.41. The van der Waals surface area contributed by atoms with E-state index in [0.29, 0.717) is 10.9 Å². The molecule has 0 aliphatic carbocycles. The van der Waals surface area contributed by atoms with Crippen molar-refractivity contribution in [2.24, 2.45) is 0 Å². The van der Waals surface area contributed by atoms with Crippen molar-refractivity contribution in [1.29, 1.82) is 5.26 Å². The van der Waals surface area contributed by atoms with Crippen molar-refractivity contribution in [3.8, 4) is 6.07 Å². The van der Waals surface area contributed by atoms with Crippen molar-refractivity contribution in [1.82, 2.24) is 4.98 Å². The van der Waals surface area contributed by atoms with Gasteiger partial charge in [-0.15, -0.1) is 0 Å². The Hall–Kier alpha value is -0.730. The fraction of sp³-hybridized carbons (Fsp3) is 0.250. The highest BCUT2D eigenvalue weighted by atomic mass is 79.9. The Morgan fingerprint density at radius 3 is 2.71 bits per heavy atom. The summed E-state index contributed by atoms with van der Waals surface area (Å²) in [5.74, 6) is 0. The lowest BCUT2D eigenvalue weighted by molar-refractivity contribution is 0.146. The molecule has 0 N–H and O–H groups in total. The lowest BCUT2D eigenvalue weighted by Gasteiger charge is -2.06. The summed E-state index contributed by atoms with van der Waals surface area (Å²) >= 11 is 8.74. The maximum absolute atomic E-state index is 12.4. The fourth-order valence-corrected chi connectivity index (χ4v) is 1.75. The van der Waals surface area contributed by atoms with E-state index >= 15 is 0 Å². The Morgan fingerprint density at radius 2 is 2.29 bits per heavy atom. The normalized spacial score (nSPS) is 10.3. The lowest BCUT2D eigenvalue weighted by Crippen LogP contribution is -1.98. The maximum atomic E-state index is 12.4. The van der Waals surface area contributed by atoms with Crippen LogP contribution in [0.25, 0.3) is 0 Å². The van der Waals surface area contributed by atoms with E-state index in [9.17, 15) is 8.78 Å². The molecular formula is C8H4BrClF2N2. The summed E-state index contributed by atoms with van der Waals surface area (Å²) in [6, 6.07) is 3.08. The Labute approximate surface area is 92.6 Å². The van der Waals surface area contributed by atoms with E-state index in [-0.39, 0.29) is 10.7 Å². The van der Waals surface area contributed by atoms with Crippen LogP contribution < -0.4 is 0 Å². The molecule has 1 aromatic heterocycles. The summed E-state index contributed by atoms with van der Waals surface area (Å²) in [6.07, 6.45) is -2.77. The molecule has 0 bridgehead atoms. The minimum atomic E-state index is -2.77. The van der Waals surface area contributed by atoms with Gasteiger partial charge in [-0.25, -0.2) is 13.8 Å². The highest BCUT2D eigenvalue weighted by Crippen LogP contribution is 2.29. The Balaban J connectivity index is 3.36. The van der Waals surface area contributed by atoms with E-state index in [2.05, 4.69) is 20.9 Å². The van der Waals surface area contributed by atoms with E-state index in [4.69, 9.17) is 16.9 Å². The van der Waals surface area contributed by atoms with Gasteiger partial charge in [0.15, 0.2) is 0 Å². The Morgan fingerprint density at radius 1 is 1.64 bits per heavy atom. The average molecular weight is 281 g/mol. The first-order valence-electron chi connectivity index (χ1n) is 3.53. The highest BCUT2D eigenvalue weighted by molar-refractivity contribution is 9.08. The van der Waals surface area contributed by atoms with Crippen molar-refractivity contribution >= 4 is 27.5 Å². The molecule has 0 amide bonds. The second-order valence-corrected chi connectivity index (χ2v) is 3.35. The van der Waals surface area contributed by atoms with Gasteiger partial charge in [0.1, 0.15) is 17.5 Å². The summed E-state index contributed by atoms with van der Waals surface area (Å²) in [4.78, 5) is 3.43. The van der Waals surface area contributed by atoms with Crippen LogP contribution in [0.4, 0.5) is 8.78 Å². The number of hydrogen-bond acceptors (Lipinski definition) is 2. The quantitative estimate of drug-likeness (QED) is 0.779. The summed E-state index contributed by atoms with van der Waals surface area (Å²) < 4.78 is 24.8. The van der Waals surface area contributed by atoms with Crippen LogP contribution >= 0.6 is 27.5 Å². The number of nitrogens with zero attached hydrogens (tertiary/aromatic N) is 2. The van der Waals surface area contributed by atoms with Gasteiger partial charge >= 0.3 is 0 Å². The van der Waals surface area contributed by atoms with Crippen LogP contribution in [0.1, 0.15) is 23.4 Å². The van der Waals surface area contributed by atoms with Crippen LogP contribution in [-0.2, 0) is 5.33 Å². The average Bonchev–Trinajstić information content (AvgIpc) is 2.17. The molecule has 0 spiro atoms. The van der Waals surface area contributed by atoms with Gasteiger partial charge in [-0.3, -0.25) is 0 Å². The minimum Gasteiger partial charge on any atom is -0.235 e. The molecule has 14 heavy (non-hydrogen) atoms. The van der Waals surface area contributed by atoms with Gasteiger partial charge in [0.05, 0.1) is 5.02 Å². The van der Waals surface area contributed by atoms with E-state index in [1.807, 2.05) is 0 Å². The van der Waals surface area contributed by atoms with Gasteiger partial charge in [-0.1, -0.05) is 27.5 Å². The van der Waals surface area contributed by atoms with Crippen molar-refractivity contribution in [3.05, 3.63) is 28.0 Å². The number of aromatic nitrogens is 1. The topological polar surface area (TPSA) is 36.7 Å². The largest absolute Gasteiger partial charge is 0.281 e. The predicted octanol–water partition coefficient (Wildman–Crippen LogP) is 3.44. The number of hydrogen-bond donors (Lipinski definition) is 0. The SMILES string of the molecule is N#Cc1cc(CBr)c(Cl)c(C(F)F)n1. The van der Waals surface area contributed by atoms with Crippen LogP contribution in [0.5, 0.6) is 0 Å². The molecule has 2 nitrogen and oxygen atoms in total. The molecular weight excluding hydrogens is 277 g/mol. The van der Waals surface area contributed by atoms with Gasteiger partial charge in [0.2, 0.25) is 0 Å². The molecule has 74 valence electrons. The van der Waals surface area contributed by atoms with E-state index in [1.165, 1.54) is 6.07 Å². The molecule has 1 aromatic rings. The first-order chi connectivity index (χ1) is 6.60. The van der Waals surface area contributed by atoms with Gasteiger partial charge in [0, 0.05) is 5.33 Å². The first-order valence-corrected chi connectivity index (χ1v) is 5.03. The molecule has 0 fully saturated rings. The number of nitriles is 1. The number of alkyl halides is 3. The zero-order chi connectivity index (χ0) is 10.7. The third-order valence-corrected chi connectivity index (χ3v) is 2.56. The molecule has 0 saturated carbocycles. The zero-order valence-electron chi connectivity index (χ0n) is 6.77. The maximum Gasteiger partial charge on any atom is 0.281 e.